The summed E-state index contributed by atoms with van der Waals surface area (Å²) in [6, 6.07) is 0. The maximum Gasteiger partial charge on any atom is 0.225 e. The van der Waals surface area contributed by atoms with Crippen molar-refractivity contribution >= 4 is 11.8 Å². The van der Waals surface area contributed by atoms with Crippen molar-refractivity contribution in [2.75, 3.05) is 72.1 Å². The van der Waals surface area contributed by atoms with E-state index in [1.807, 2.05) is 4.90 Å². The molecular formula is C20H36N4O3. The van der Waals surface area contributed by atoms with Crippen molar-refractivity contribution in [3.63, 3.8) is 0 Å². The number of hydrogen-bond acceptors (Lipinski definition) is 5. The Morgan fingerprint density at radius 2 is 1.52 bits per heavy atom. The van der Waals surface area contributed by atoms with Crippen molar-refractivity contribution < 1.29 is 14.3 Å². The predicted octanol–water partition coefficient (Wildman–Crippen LogP) is 0.405. The molecule has 1 aliphatic carbocycles. The molecule has 7 nitrogen and oxygen atoms in total. The summed E-state index contributed by atoms with van der Waals surface area (Å²) in [7, 11) is 0. The van der Waals surface area contributed by atoms with Crippen LogP contribution in [0.3, 0.4) is 0 Å². The number of nitrogens with one attached hydrogen (secondary N) is 1. The van der Waals surface area contributed by atoms with Crippen LogP contribution in [0.1, 0.15) is 32.6 Å². The van der Waals surface area contributed by atoms with Gasteiger partial charge >= 0.3 is 0 Å². The van der Waals surface area contributed by atoms with Crippen LogP contribution < -0.4 is 5.32 Å². The van der Waals surface area contributed by atoms with E-state index in [1.165, 1.54) is 0 Å². The van der Waals surface area contributed by atoms with Gasteiger partial charge in [-0.05, 0) is 32.2 Å². The molecule has 0 aromatic rings. The number of piperazine rings is 1. The van der Waals surface area contributed by atoms with E-state index < -0.39 is 0 Å². The molecule has 2 aliphatic heterocycles. The Morgan fingerprint density at radius 3 is 2.15 bits per heavy atom. The lowest BCUT2D eigenvalue weighted by Gasteiger charge is -2.37. The predicted molar refractivity (Wildman–Crippen MR) is 104 cm³/mol. The highest BCUT2D eigenvalue weighted by atomic mass is 16.5. The van der Waals surface area contributed by atoms with Crippen LogP contribution in [0.15, 0.2) is 0 Å². The largest absolute Gasteiger partial charge is 0.379 e. The molecule has 3 fully saturated rings. The number of hydrogen-bond donors (Lipinski definition) is 1. The van der Waals surface area contributed by atoms with Crippen LogP contribution in [0.5, 0.6) is 0 Å². The molecule has 154 valence electrons. The molecule has 1 saturated carbocycles. The molecule has 0 bridgehead atoms. The number of ether oxygens (including phenoxy) is 1. The van der Waals surface area contributed by atoms with Gasteiger partial charge in [0.05, 0.1) is 13.2 Å². The Bertz CT molecular complexity index is 480. The molecule has 2 heterocycles. The van der Waals surface area contributed by atoms with Crippen LogP contribution in [0, 0.1) is 11.8 Å². The van der Waals surface area contributed by atoms with Gasteiger partial charge in [0.1, 0.15) is 0 Å². The molecule has 0 spiro atoms. The van der Waals surface area contributed by atoms with Crippen molar-refractivity contribution in [1.29, 1.82) is 0 Å². The summed E-state index contributed by atoms with van der Waals surface area (Å²) in [4.78, 5) is 32.0. The van der Waals surface area contributed by atoms with Crippen LogP contribution in [0.4, 0.5) is 0 Å². The smallest absolute Gasteiger partial charge is 0.225 e. The van der Waals surface area contributed by atoms with Crippen LogP contribution >= 0.6 is 0 Å². The molecule has 0 aromatic heterocycles. The SMILES string of the molecule is CCN1CCN(C(=O)C2CCC(C(=O)NCCN3CCOCC3)CC2)CC1. The van der Waals surface area contributed by atoms with Crippen LogP contribution in [0.2, 0.25) is 0 Å². The fourth-order valence-corrected chi connectivity index (χ4v) is 4.45. The van der Waals surface area contributed by atoms with Crippen molar-refractivity contribution in [3.8, 4) is 0 Å². The topological polar surface area (TPSA) is 65.1 Å². The maximum absolute atomic E-state index is 12.8. The summed E-state index contributed by atoms with van der Waals surface area (Å²) in [5, 5.41) is 3.10. The Balaban J connectivity index is 1.33. The van der Waals surface area contributed by atoms with Crippen molar-refractivity contribution in [2.45, 2.75) is 32.6 Å². The summed E-state index contributed by atoms with van der Waals surface area (Å²) >= 11 is 0. The first-order valence-electron chi connectivity index (χ1n) is 10.8. The Hall–Kier alpha value is -1.18. The van der Waals surface area contributed by atoms with E-state index in [0.717, 1.165) is 91.3 Å². The summed E-state index contributed by atoms with van der Waals surface area (Å²) in [6.45, 7) is 12.0. The first kappa shape index (κ1) is 20.6. The van der Waals surface area contributed by atoms with E-state index in [9.17, 15) is 9.59 Å². The third kappa shape index (κ3) is 5.90. The van der Waals surface area contributed by atoms with Gasteiger partial charge in [0, 0.05) is 64.2 Å². The molecule has 0 aromatic carbocycles. The van der Waals surface area contributed by atoms with Gasteiger partial charge in [-0.3, -0.25) is 14.5 Å². The zero-order valence-electron chi connectivity index (χ0n) is 16.8. The second-order valence-electron chi connectivity index (χ2n) is 8.05. The monoisotopic (exact) mass is 380 g/mol. The fourth-order valence-electron chi connectivity index (χ4n) is 4.45. The van der Waals surface area contributed by atoms with Crippen molar-refractivity contribution in [2.24, 2.45) is 11.8 Å². The Labute approximate surface area is 163 Å². The number of morpholine rings is 1. The van der Waals surface area contributed by atoms with Gasteiger partial charge in [-0.15, -0.1) is 0 Å². The molecule has 7 heteroatoms. The molecule has 1 N–H and O–H groups in total. The van der Waals surface area contributed by atoms with E-state index >= 15 is 0 Å². The third-order valence-corrected chi connectivity index (χ3v) is 6.41. The summed E-state index contributed by atoms with van der Waals surface area (Å²) in [6.07, 6.45) is 3.40. The average molecular weight is 381 g/mol. The molecular weight excluding hydrogens is 344 g/mol. The van der Waals surface area contributed by atoms with Crippen LogP contribution in [-0.4, -0.2) is 98.6 Å². The molecule has 27 heavy (non-hydrogen) atoms. The molecule has 0 atom stereocenters. The highest BCUT2D eigenvalue weighted by molar-refractivity contribution is 5.81. The highest BCUT2D eigenvalue weighted by Gasteiger charge is 2.33. The lowest BCUT2D eigenvalue weighted by Crippen LogP contribution is -2.50. The van der Waals surface area contributed by atoms with E-state index in [-0.39, 0.29) is 17.7 Å². The number of amides is 2. The average Bonchev–Trinajstić information content (AvgIpc) is 2.74. The van der Waals surface area contributed by atoms with Gasteiger partial charge in [0.15, 0.2) is 0 Å². The lowest BCUT2D eigenvalue weighted by molar-refractivity contribution is -0.140. The maximum atomic E-state index is 12.8. The van der Waals surface area contributed by atoms with Gasteiger partial charge in [0.25, 0.3) is 0 Å². The van der Waals surface area contributed by atoms with Gasteiger partial charge in [-0.2, -0.15) is 0 Å². The summed E-state index contributed by atoms with van der Waals surface area (Å²) in [5.74, 6) is 0.689. The van der Waals surface area contributed by atoms with Gasteiger partial charge in [-0.1, -0.05) is 6.92 Å². The second kappa shape index (κ2) is 10.4. The minimum absolute atomic E-state index is 0.0793. The zero-order chi connectivity index (χ0) is 19.1. The minimum Gasteiger partial charge on any atom is -0.379 e. The van der Waals surface area contributed by atoms with E-state index in [0.29, 0.717) is 12.5 Å². The lowest BCUT2D eigenvalue weighted by atomic mass is 9.81. The third-order valence-electron chi connectivity index (χ3n) is 6.41. The molecule has 3 rings (SSSR count). The van der Waals surface area contributed by atoms with E-state index in [2.05, 4.69) is 22.0 Å². The second-order valence-corrected chi connectivity index (χ2v) is 8.05. The standard InChI is InChI=1S/C20H36N4O3/c1-2-22-9-11-24(12-10-22)20(26)18-5-3-17(4-6-18)19(25)21-7-8-23-13-15-27-16-14-23/h17-18H,2-16H2,1H3,(H,21,25). The van der Waals surface area contributed by atoms with E-state index in [1.54, 1.807) is 0 Å². The van der Waals surface area contributed by atoms with Gasteiger partial charge in [-0.25, -0.2) is 0 Å². The first-order chi connectivity index (χ1) is 13.2. The number of carbonyl (C=O) groups excluding carboxylic acids is 2. The summed E-state index contributed by atoms with van der Waals surface area (Å²) in [5.41, 5.74) is 0. The number of rotatable bonds is 6. The molecule has 0 unspecified atom stereocenters. The quantitative estimate of drug-likeness (QED) is 0.723. The minimum atomic E-state index is 0.0793. The zero-order valence-corrected chi connectivity index (χ0v) is 16.8. The van der Waals surface area contributed by atoms with Crippen molar-refractivity contribution in [1.82, 2.24) is 20.0 Å². The van der Waals surface area contributed by atoms with Gasteiger partial charge < -0.3 is 19.9 Å². The number of likely N-dealkylation sites (N-methyl/N-ethyl adjacent to an activating group) is 1. The number of nitrogens with zero attached hydrogens (tertiary/aromatic N) is 3. The molecule has 0 radical (unpaired) electrons. The van der Waals surface area contributed by atoms with Crippen molar-refractivity contribution in [3.05, 3.63) is 0 Å². The molecule has 2 amide bonds. The normalized spacial score (nSPS) is 28.1. The van der Waals surface area contributed by atoms with Crippen LogP contribution in [-0.2, 0) is 14.3 Å². The first-order valence-corrected chi connectivity index (χ1v) is 10.8. The van der Waals surface area contributed by atoms with E-state index in [4.69, 9.17) is 4.74 Å². The Kier molecular flexibility index (Phi) is 7.91. The van der Waals surface area contributed by atoms with Gasteiger partial charge in [0.2, 0.25) is 11.8 Å². The summed E-state index contributed by atoms with van der Waals surface area (Å²) < 4.78 is 5.34. The highest BCUT2D eigenvalue weighted by Crippen LogP contribution is 2.30. The fraction of sp³-hybridized carbons (Fsp3) is 0.900. The molecule has 2 saturated heterocycles. The number of carbonyl (C=O) groups is 2. The Morgan fingerprint density at radius 1 is 0.889 bits per heavy atom. The molecule has 3 aliphatic rings. The van der Waals surface area contributed by atoms with Crippen LogP contribution in [0.25, 0.3) is 0 Å².